The summed E-state index contributed by atoms with van der Waals surface area (Å²) >= 11 is 0. The SMILES string of the molecule is CCC1=C2CC[C@H]3C(=O)N(CC(=O)OC)C(=O)[C@H]3[C@H]2[C@@](C)(C(=O)NCCc2c[nH]c3ccccc23)N(C(=O)NCCO)C1=O. The molecule has 3 aliphatic rings. The molecule has 1 saturated carbocycles. The third kappa shape index (κ3) is 4.94. The summed E-state index contributed by atoms with van der Waals surface area (Å²) in [5, 5.41) is 15.7. The topological polar surface area (TPSA) is 178 Å². The number of H-pyrrole nitrogens is 1. The van der Waals surface area contributed by atoms with Gasteiger partial charge in [0.05, 0.1) is 25.6 Å². The molecule has 5 rings (SSSR count). The molecule has 2 fully saturated rings. The number of nitrogens with one attached hydrogen (secondary N) is 3. The second kappa shape index (κ2) is 12.2. The number of hydrogen-bond donors (Lipinski definition) is 4. The van der Waals surface area contributed by atoms with E-state index in [1.165, 1.54) is 6.92 Å². The lowest BCUT2D eigenvalue weighted by molar-refractivity contribution is -0.152. The number of fused-ring (bicyclic) bond motifs is 4. The molecule has 44 heavy (non-hydrogen) atoms. The number of urea groups is 1. The third-order valence-electron chi connectivity index (χ3n) is 9.22. The standard InChI is InChI=1S/C31H37N5O8/c1-4-18-20-9-10-21-24(28(41)35(26(21)39)16-23(38)44-3)25(20)31(2,36(27(18)40)30(43)33-13-14-37)29(42)32-12-11-17-15-34-22-8-6-5-7-19(17)22/h5-8,15,21,24-25,34,37H,4,9-14,16H2,1-3H3,(H,32,42)(H,33,43)/t21-,24-,25+,31+/m1/s1. The Morgan fingerprint density at radius 3 is 2.57 bits per heavy atom. The van der Waals surface area contributed by atoms with Gasteiger partial charge in [0.2, 0.25) is 17.7 Å². The third-order valence-corrected chi connectivity index (χ3v) is 9.22. The molecule has 0 radical (unpaired) electrons. The van der Waals surface area contributed by atoms with E-state index in [0.29, 0.717) is 17.6 Å². The van der Waals surface area contributed by atoms with Crippen molar-refractivity contribution >= 4 is 46.5 Å². The number of carbonyl (C=O) groups excluding carboxylic acids is 6. The molecule has 1 saturated heterocycles. The Balaban J connectivity index is 1.55. The highest BCUT2D eigenvalue weighted by Crippen LogP contribution is 2.54. The van der Waals surface area contributed by atoms with E-state index >= 15 is 0 Å². The predicted molar refractivity (Wildman–Crippen MR) is 157 cm³/mol. The zero-order chi connectivity index (χ0) is 31.8. The molecule has 0 bridgehead atoms. The van der Waals surface area contributed by atoms with Gasteiger partial charge in [-0.15, -0.1) is 0 Å². The maximum Gasteiger partial charge on any atom is 0.325 e. The fourth-order valence-corrected chi connectivity index (χ4v) is 7.17. The van der Waals surface area contributed by atoms with Crippen molar-refractivity contribution in [3.8, 4) is 0 Å². The number of ether oxygens (including phenoxy) is 1. The van der Waals surface area contributed by atoms with E-state index in [1.54, 1.807) is 6.92 Å². The summed E-state index contributed by atoms with van der Waals surface area (Å²) in [7, 11) is 1.15. The fourth-order valence-electron chi connectivity index (χ4n) is 7.17. The van der Waals surface area contributed by atoms with E-state index in [-0.39, 0.29) is 32.4 Å². The first kappa shape index (κ1) is 30.9. The van der Waals surface area contributed by atoms with Crippen molar-refractivity contribution in [1.82, 2.24) is 25.4 Å². The van der Waals surface area contributed by atoms with Crippen LogP contribution in [-0.4, -0.2) is 94.4 Å². The Bertz CT molecular complexity index is 1560. The summed E-state index contributed by atoms with van der Waals surface area (Å²) in [5.41, 5.74) is 0.876. The lowest BCUT2D eigenvalue weighted by Gasteiger charge is -2.52. The molecule has 1 aromatic heterocycles. The fraction of sp³-hybridized carbons (Fsp3) is 0.484. The van der Waals surface area contributed by atoms with Crippen LogP contribution >= 0.6 is 0 Å². The number of benzene rings is 1. The van der Waals surface area contributed by atoms with Crippen LogP contribution in [0.4, 0.5) is 4.79 Å². The Morgan fingerprint density at radius 2 is 1.86 bits per heavy atom. The van der Waals surface area contributed by atoms with E-state index < -0.39 is 72.1 Å². The lowest BCUT2D eigenvalue weighted by Crippen LogP contribution is -2.71. The average molecular weight is 608 g/mol. The molecular formula is C31H37N5O8. The molecular weight excluding hydrogens is 570 g/mol. The first-order valence-electron chi connectivity index (χ1n) is 14.8. The van der Waals surface area contributed by atoms with Crippen LogP contribution in [0, 0.1) is 17.8 Å². The molecule has 3 heterocycles. The first-order valence-corrected chi connectivity index (χ1v) is 14.8. The molecule has 13 heteroatoms. The first-order chi connectivity index (χ1) is 21.1. The number of aliphatic hydroxyl groups is 1. The van der Waals surface area contributed by atoms with Crippen LogP contribution in [0.3, 0.4) is 0 Å². The van der Waals surface area contributed by atoms with Crippen molar-refractivity contribution in [2.24, 2.45) is 17.8 Å². The van der Waals surface area contributed by atoms with Gasteiger partial charge in [0, 0.05) is 41.7 Å². The lowest BCUT2D eigenvalue weighted by atomic mass is 9.59. The molecule has 6 amide bonds. The van der Waals surface area contributed by atoms with Gasteiger partial charge >= 0.3 is 12.0 Å². The van der Waals surface area contributed by atoms with Crippen molar-refractivity contribution in [2.45, 2.75) is 45.1 Å². The Labute approximate surface area is 254 Å². The van der Waals surface area contributed by atoms with Gasteiger partial charge in [-0.1, -0.05) is 30.7 Å². The minimum atomic E-state index is -1.91. The number of amides is 6. The van der Waals surface area contributed by atoms with Crippen molar-refractivity contribution in [3.05, 3.63) is 47.2 Å². The summed E-state index contributed by atoms with van der Waals surface area (Å²) < 4.78 is 4.70. The number of methoxy groups -OCH3 is 1. The summed E-state index contributed by atoms with van der Waals surface area (Å²) in [4.78, 5) is 86.2. The normalized spacial score (nSPS) is 24.8. The largest absolute Gasteiger partial charge is 0.468 e. The van der Waals surface area contributed by atoms with Crippen molar-refractivity contribution in [2.75, 3.05) is 33.4 Å². The minimum absolute atomic E-state index is 0.165. The van der Waals surface area contributed by atoms with Crippen LogP contribution in [0.15, 0.2) is 41.6 Å². The summed E-state index contributed by atoms with van der Waals surface area (Å²) in [6.07, 6.45) is 3.06. The van der Waals surface area contributed by atoms with Crippen molar-refractivity contribution in [1.29, 1.82) is 0 Å². The molecule has 0 spiro atoms. The number of imide groups is 2. The number of aliphatic hydroxyl groups excluding tert-OH is 1. The van der Waals surface area contributed by atoms with Crippen LogP contribution in [0.2, 0.25) is 0 Å². The number of hydrogen-bond acceptors (Lipinski definition) is 8. The Hall–Kier alpha value is -4.52. The number of esters is 1. The number of rotatable bonds is 9. The van der Waals surface area contributed by atoms with Gasteiger partial charge in [0.25, 0.3) is 5.91 Å². The van der Waals surface area contributed by atoms with Crippen LogP contribution < -0.4 is 10.6 Å². The smallest absolute Gasteiger partial charge is 0.325 e. The number of nitrogens with zero attached hydrogens (tertiary/aromatic N) is 2. The summed E-state index contributed by atoms with van der Waals surface area (Å²) in [5.74, 6) is -6.21. The Kier molecular flexibility index (Phi) is 8.60. The van der Waals surface area contributed by atoms with Gasteiger partial charge in [0.1, 0.15) is 12.1 Å². The second-order valence-corrected chi connectivity index (χ2v) is 11.5. The minimum Gasteiger partial charge on any atom is -0.468 e. The summed E-state index contributed by atoms with van der Waals surface area (Å²) in [6, 6.07) is 6.84. The van der Waals surface area contributed by atoms with Crippen LogP contribution in [0.25, 0.3) is 10.9 Å². The zero-order valence-electron chi connectivity index (χ0n) is 25.0. The Morgan fingerprint density at radius 1 is 1.11 bits per heavy atom. The molecule has 2 aromatic rings. The van der Waals surface area contributed by atoms with Gasteiger partial charge < -0.3 is 25.5 Å². The van der Waals surface area contributed by atoms with Crippen LogP contribution in [-0.2, 0) is 35.1 Å². The van der Waals surface area contributed by atoms with Gasteiger partial charge in [-0.25, -0.2) is 9.69 Å². The number of aromatic amines is 1. The van der Waals surface area contributed by atoms with Crippen LogP contribution in [0.5, 0.6) is 0 Å². The predicted octanol–water partition coefficient (Wildman–Crippen LogP) is 1.02. The van der Waals surface area contributed by atoms with Gasteiger partial charge in [-0.05, 0) is 44.2 Å². The number of carbonyl (C=O) groups is 6. The average Bonchev–Trinajstić information content (AvgIpc) is 3.54. The quantitative estimate of drug-likeness (QED) is 0.241. The van der Waals surface area contributed by atoms with E-state index in [1.807, 2.05) is 30.5 Å². The molecule has 1 aromatic carbocycles. The second-order valence-electron chi connectivity index (χ2n) is 11.5. The van der Waals surface area contributed by atoms with Gasteiger partial charge in [-0.2, -0.15) is 0 Å². The highest BCUT2D eigenvalue weighted by atomic mass is 16.5. The molecule has 1 aliphatic carbocycles. The molecule has 2 aliphatic heterocycles. The highest BCUT2D eigenvalue weighted by Gasteiger charge is 2.65. The van der Waals surface area contributed by atoms with Crippen LogP contribution in [0.1, 0.15) is 38.7 Å². The maximum absolute atomic E-state index is 14.3. The van der Waals surface area contributed by atoms with E-state index in [0.717, 1.165) is 33.4 Å². The van der Waals surface area contributed by atoms with Gasteiger partial charge in [0.15, 0.2) is 0 Å². The number of para-hydroxylation sites is 1. The summed E-state index contributed by atoms with van der Waals surface area (Å²) in [6.45, 7) is 2.23. The van der Waals surface area contributed by atoms with Crippen molar-refractivity contribution in [3.63, 3.8) is 0 Å². The molecule has 13 nitrogen and oxygen atoms in total. The molecule has 4 N–H and O–H groups in total. The molecule has 0 unspecified atom stereocenters. The molecule has 234 valence electrons. The number of likely N-dealkylation sites (tertiary alicyclic amines) is 1. The van der Waals surface area contributed by atoms with E-state index in [4.69, 9.17) is 4.74 Å². The monoisotopic (exact) mass is 607 g/mol. The maximum atomic E-state index is 14.3. The van der Waals surface area contributed by atoms with Gasteiger partial charge in [-0.3, -0.25) is 28.9 Å². The number of aromatic nitrogens is 1. The zero-order valence-corrected chi connectivity index (χ0v) is 25.0. The highest BCUT2D eigenvalue weighted by molar-refractivity contribution is 6.13. The van der Waals surface area contributed by atoms with Crippen molar-refractivity contribution < 1.29 is 38.6 Å². The molecule has 4 atom stereocenters. The van der Waals surface area contributed by atoms with E-state index in [9.17, 15) is 33.9 Å². The van der Waals surface area contributed by atoms with E-state index in [2.05, 4.69) is 15.6 Å².